The Hall–Kier alpha value is -2.30. The molecule has 2 aliphatic carbocycles. The first-order valence-corrected chi connectivity index (χ1v) is 8.55. The molecule has 1 aromatic carbocycles. The molecule has 0 aromatic heterocycles. The number of terminal acetylenes is 1. The lowest BCUT2D eigenvalue weighted by Crippen LogP contribution is -2.50. The molecule has 0 unspecified atom stereocenters. The fraction of sp³-hybridized carbons (Fsp3) is 0.500. The van der Waals surface area contributed by atoms with E-state index in [-0.39, 0.29) is 24.4 Å². The topological polar surface area (TPSA) is 56.1 Å². The fourth-order valence-electron chi connectivity index (χ4n) is 3.70. The number of amides is 1. The van der Waals surface area contributed by atoms with Gasteiger partial charge in [-0.25, -0.2) is 0 Å². The summed E-state index contributed by atoms with van der Waals surface area (Å²) in [5.74, 6) is 2.83. The number of benzene rings is 1. The lowest BCUT2D eigenvalue weighted by Gasteiger charge is -2.29. The zero-order valence-electron chi connectivity index (χ0n) is 14.1. The standard InChI is InChI=1S/C20H23N3O/c1-3-12-23(18-11-8-15-6-4-5-7-17(15)18)13-19(24)22-20(2,14-21)16-9-10-16/h1,4-7,16,18H,8-13H2,2H3,(H,22,24)/t18-,20+/m0/s1. The van der Waals surface area contributed by atoms with Crippen LogP contribution in [0.5, 0.6) is 0 Å². The van der Waals surface area contributed by atoms with E-state index < -0.39 is 5.54 Å². The number of hydrogen-bond acceptors (Lipinski definition) is 3. The molecule has 0 spiro atoms. The molecule has 2 atom stereocenters. The van der Waals surface area contributed by atoms with Crippen molar-refractivity contribution in [2.24, 2.45) is 5.92 Å². The molecule has 0 saturated heterocycles. The average molecular weight is 321 g/mol. The third-order valence-corrected chi connectivity index (χ3v) is 5.21. The van der Waals surface area contributed by atoms with Gasteiger partial charge in [-0.3, -0.25) is 9.69 Å². The van der Waals surface area contributed by atoms with Crippen molar-refractivity contribution in [3.05, 3.63) is 35.4 Å². The Kier molecular flexibility index (Phi) is 4.60. The van der Waals surface area contributed by atoms with Crippen molar-refractivity contribution in [3.63, 3.8) is 0 Å². The van der Waals surface area contributed by atoms with Crippen LogP contribution in [0.25, 0.3) is 0 Å². The SMILES string of the molecule is C#CCN(CC(=O)N[C@](C)(C#N)C1CC1)[C@H]1CCc2ccccc21. The highest BCUT2D eigenvalue weighted by Crippen LogP contribution is 2.39. The average Bonchev–Trinajstić information content (AvgIpc) is 3.35. The predicted octanol–water partition coefficient (Wildman–Crippen LogP) is 2.42. The van der Waals surface area contributed by atoms with E-state index in [4.69, 9.17) is 6.42 Å². The summed E-state index contributed by atoms with van der Waals surface area (Å²) in [4.78, 5) is 14.6. The van der Waals surface area contributed by atoms with Crippen molar-refractivity contribution in [2.75, 3.05) is 13.1 Å². The van der Waals surface area contributed by atoms with Gasteiger partial charge >= 0.3 is 0 Å². The molecule has 4 nitrogen and oxygen atoms in total. The molecule has 24 heavy (non-hydrogen) atoms. The third-order valence-electron chi connectivity index (χ3n) is 5.21. The van der Waals surface area contributed by atoms with Gasteiger partial charge in [-0.05, 0) is 49.7 Å². The molecule has 0 bridgehead atoms. The molecule has 1 fully saturated rings. The molecule has 2 aliphatic rings. The predicted molar refractivity (Wildman–Crippen MR) is 92.8 cm³/mol. The lowest BCUT2D eigenvalue weighted by molar-refractivity contribution is -0.124. The van der Waals surface area contributed by atoms with Crippen molar-refractivity contribution in [2.45, 2.75) is 44.2 Å². The number of rotatable bonds is 6. The van der Waals surface area contributed by atoms with Gasteiger partial charge in [0.1, 0.15) is 5.54 Å². The summed E-state index contributed by atoms with van der Waals surface area (Å²) < 4.78 is 0. The highest BCUT2D eigenvalue weighted by molar-refractivity contribution is 5.79. The molecule has 0 heterocycles. The summed E-state index contributed by atoms with van der Waals surface area (Å²) in [6.45, 7) is 2.48. The molecule has 4 heteroatoms. The highest BCUT2D eigenvalue weighted by atomic mass is 16.2. The number of nitriles is 1. The molecular formula is C20H23N3O. The van der Waals surface area contributed by atoms with E-state index in [2.05, 4.69) is 29.4 Å². The Balaban J connectivity index is 1.70. The Morgan fingerprint density at radius 1 is 1.42 bits per heavy atom. The number of carbonyl (C=O) groups is 1. The van der Waals surface area contributed by atoms with Crippen molar-refractivity contribution in [1.29, 1.82) is 5.26 Å². The molecule has 0 aliphatic heterocycles. The third kappa shape index (κ3) is 3.30. The van der Waals surface area contributed by atoms with Crippen LogP contribution in [0.4, 0.5) is 0 Å². The monoisotopic (exact) mass is 321 g/mol. The van der Waals surface area contributed by atoms with Gasteiger partial charge < -0.3 is 5.32 Å². The van der Waals surface area contributed by atoms with Gasteiger partial charge in [-0.15, -0.1) is 6.42 Å². The van der Waals surface area contributed by atoms with Gasteiger partial charge in [0.2, 0.25) is 5.91 Å². The number of aryl methyl sites for hydroxylation is 1. The van der Waals surface area contributed by atoms with Crippen LogP contribution >= 0.6 is 0 Å². The van der Waals surface area contributed by atoms with Gasteiger partial charge in [0.15, 0.2) is 0 Å². The van der Waals surface area contributed by atoms with Gasteiger partial charge in [-0.2, -0.15) is 5.26 Å². The summed E-state index contributed by atoms with van der Waals surface area (Å²) in [6, 6.07) is 10.8. The number of carbonyl (C=O) groups excluding carboxylic acids is 1. The van der Waals surface area contributed by atoms with Crippen LogP contribution in [0, 0.1) is 29.6 Å². The van der Waals surface area contributed by atoms with E-state index in [0.29, 0.717) is 6.54 Å². The van der Waals surface area contributed by atoms with E-state index >= 15 is 0 Å². The van der Waals surface area contributed by atoms with E-state index in [9.17, 15) is 10.1 Å². The van der Waals surface area contributed by atoms with Gasteiger partial charge in [0.25, 0.3) is 0 Å². The molecule has 1 aromatic rings. The second-order valence-electron chi connectivity index (χ2n) is 7.00. The van der Waals surface area contributed by atoms with Crippen LogP contribution in [-0.4, -0.2) is 29.4 Å². The minimum atomic E-state index is -0.757. The smallest absolute Gasteiger partial charge is 0.235 e. The van der Waals surface area contributed by atoms with Crippen LogP contribution in [0.1, 0.15) is 43.4 Å². The highest BCUT2D eigenvalue weighted by Gasteiger charge is 2.43. The van der Waals surface area contributed by atoms with Crippen LogP contribution < -0.4 is 5.32 Å². The maximum atomic E-state index is 12.5. The molecule has 3 rings (SSSR count). The summed E-state index contributed by atoms with van der Waals surface area (Å²) in [5, 5.41) is 12.3. The van der Waals surface area contributed by atoms with E-state index in [1.54, 1.807) is 0 Å². The fourth-order valence-corrected chi connectivity index (χ4v) is 3.70. The number of fused-ring (bicyclic) bond motifs is 1. The van der Waals surface area contributed by atoms with E-state index in [1.807, 2.05) is 24.0 Å². The van der Waals surface area contributed by atoms with Gasteiger partial charge in [0, 0.05) is 6.04 Å². The van der Waals surface area contributed by atoms with Crippen LogP contribution in [-0.2, 0) is 11.2 Å². The molecule has 1 N–H and O–H groups in total. The Bertz CT molecular complexity index is 710. The molecular weight excluding hydrogens is 298 g/mol. The van der Waals surface area contributed by atoms with Crippen molar-refractivity contribution >= 4 is 5.91 Å². The first-order valence-electron chi connectivity index (χ1n) is 8.55. The number of hydrogen-bond donors (Lipinski definition) is 1. The van der Waals surface area contributed by atoms with Crippen molar-refractivity contribution < 1.29 is 4.79 Å². The quantitative estimate of drug-likeness (QED) is 0.819. The second-order valence-corrected chi connectivity index (χ2v) is 7.00. The summed E-state index contributed by atoms with van der Waals surface area (Å²) in [7, 11) is 0. The summed E-state index contributed by atoms with van der Waals surface area (Å²) in [6.07, 6.45) is 9.54. The Morgan fingerprint density at radius 2 is 2.17 bits per heavy atom. The Labute approximate surface area is 143 Å². The first kappa shape index (κ1) is 16.6. The maximum absolute atomic E-state index is 12.5. The Morgan fingerprint density at radius 3 is 2.83 bits per heavy atom. The molecule has 1 saturated carbocycles. The van der Waals surface area contributed by atoms with Crippen LogP contribution in [0.2, 0.25) is 0 Å². The van der Waals surface area contributed by atoms with Crippen molar-refractivity contribution in [1.82, 2.24) is 10.2 Å². The van der Waals surface area contributed by atoms with Crippen LogP contribution in [0.15, 0.2) is 24.3 Å². The minimum absolute atomic E-state index is 0.120. The molecule has 1 amide bonds. The lowest BCUT2D eigenvalue weighted by atomic mass is 9.98. The number of nitrogens with zero attached hydrogens (tertiary/aromatic N) is 2. The van der Waals surface area contributed by atoms with Gasteiger partial charge in [-0.1, -0.05) is 30.2 Å². The molecule has 124 valence electrons. The second kappa shape index (κ2) is 6.67. The van der Waals surface area contributed by atoms with Crippen molar-refractivity contribution in [3.8, 4) is 18.4 Å². The maximum Gasteiger partial charge on any atom is 0.235 e. The van der Waals surface area contributed by atoms with E-state index in [0.717, 1.165) is 25.7 Å². The zero-order chi connectivity index (χ0) is 17.2. The van der Waals surface area contributed by atoms with Gasteiger partial charge in [0.05, 0.1) is 19.2 Å². The number of nitrogens with one attached hydrogen (secondary N) is 1. The van der Waals surface area contributed by atoms with E-state index in [1.165, 1.54) is 11.1 Å². The summed E-state index contributed by atoms with van der Waals surface area (Å²) >= 11 is 0. The largest absolute Gasteiger partial charge is 0.337 e. The zero-order valence-corrected chi connectivity index (χ0v) is 14.1. The minimum Gasteiger partial charge on any atom is -0.337 e. The van der Waals surface area contributed by atoms with Crippen LogP contribution in [0.3, 0.4) is 0 Å². The molecule has 0 radical (unpaired) electrons. The summed E-state index contributed by atoms with van der Waals surface area (Å²) in [5.41, 5.74) is 1.85. The first-order chi connectivity index (χ1) is 11.6. The normalized spacial score (nSPS) is 21.4.